The Kier molecular flexibility index (Phi) is 14.1. The molecule has 2 fully saturated rings. The molecule has 0 aromatic carbocycles. The maximum absolute atomic E-state index is 12.3. The molecule has 13 heteroatoms. The van der Waals surface area contributed by atoms with Crippen LogP contribution in [-0.2, 0) is 23.9 Å². The number of ether oxygens (including phenoxy) is 2. The molecule has 3 aliphatic rings. The van der Waals surface area contributed by atoms with Crippen molar-refractivity contribution in [1.29, 1.82) is 0 Å². The smallest absolute Gasteiger partial charge is 0.330 e. The lowest BCUT2D eigenvalue weighted by Gasteiger charge is -2.43. The van der Waals surface area contributed by atoms with Crippen molar-refractivity contribution in [3.8, 4) is 0 Å². The molecule has 8 atom stereocenters. The lowest BCUT2D eigenvalue weighted by atomic mass is 9.83. The third kappa shape index (κ3) is 10.6. The van der Waals surface area contributed by atoms with E-state index in [0.29, 0.717) is 18.4 Å². The number of esters is 1. The lowest BCUT2D eigenvalue weighted by molar-refractivity contribution is -0.232. The molecule has 0 spiro atoms. The van der Waals surface area contributed by atoms with Gasteiger partial charge in [-0.05, 0) is 45.4 Å². The van der Waals surface area contributed by atoms with Crippen LogP contribution in [0, 0.1) is 5.92 Å². The Morgan fingerprint density at radius 1 is 1.23 bits per heavy atom. The van der Waals surface area contributed by atoms with Gasteiger partial charge in [-0.3, -0.25) is 9.59 Å². The van der Waals surface area contributed by atoms with Crippen LogP contribution in [0.5, 0.6) is 0 Å². The highest BCUT2D eigenvalue weighted by molar-refractivity contribution is 8.78. The number of aliphatic hydroxyl groups is 4. The zero-order valence-corrected chi connectivity index (χ0v) is 26.7. The average Bonchev–Trinajstić information content (AvgIpc) is 3.52. The van der Waals surface area contributed by atoms with E-state index in [2.05, 4.69) is 10.6 Å². The minimum absolute atomic E-state index is 0.0332. The number of hydrogen-bond donors (Lipinski definition) is 6. The maximum Gasteiger partial charge on any atom is 0.330 e. The topological polar surface area (TPSA) is 175 Å². The van der Waals surface area contributed by atoms with Gasteiger partial charge in [-0.15, -0.1) is 0 Å². The molecule has 0 radical (unpaired) electrons. The molecular weight excluding hydrogens is 596 g/mol. The molecule has 0 aromatic rings. The molecule has 6 N–H and O–H groups in total. The third-order valence-corrected chi connectivity index (χ3v) is 10.4. The van der Waals surface area contributed by atoms with Crippen molar-refractivity contribution in [1.82, 2.24) is 10.6 Å². The van der Waals surface area contributed by atoms with Crippen molar-refractivity contribution < 1.29 is 44.3 Å². The van der Waals surface area contributed by atoms with Crippen LogP contribution in [0.25, 0.3) is 0 Å². The predicted molar refractivity (Wildman–Crippen MR) is 165 cm³/mol. The van der Waals surface area contributed by atoms with E-state index >= 15 is 0 Å². The molecule has 43 heavy (non-hydrogen) atoms. The van der Waals surface area contributed by atoms with Crippen molar-refractivity contribution in [2.75, 3.05) is 13.2 Å². The zero-order chi connectivity index (χ0) is 31.6. The summed E-state index contributed by atoms with van der Waals surface area (Å²) in [6, 6.07) is -0.512. The SMILES string of the molecule is C/C(=C\C(=O)OCCCCCCCC(=O)NC1C(=O)NC2=CSSC21)C[C@@H]1OC[C@](O)(C/C=C/[C@@H](C)[C@H](C)O)[C@@H](O)C1O. The van der Waals surface area contributed by atoms with Crippen LogP contribution < -0.4 is 10.6 Å². The monoisotopic (exact) mass is 642 g/mol. The molecule has 242 valence electrons. The molecule has 0 saturated carbocycles. The molecular formula is C30H46N2O9S2. The molecule has 3 unspecified atom stereocenters. The summed E-state index contributed by atoms with van der Waals surface area (Å²) < 4.78 is 10.9. The summed E-state index contributed by atoms with van der Waals surface area (Å²) in [5, 5.41) is 49.0. The van der Waals surface area contributed by atoms with E-state index in [1.165, 1.54) is 6.08 Å². The van der Waals surface area contributed by atoms with E-state index in [4.69, 9.17) is 9.47 Å². The zero-order valence-electron chi connectivity index (χ0n) is 25.1. The summed E-state index contributed by atoms with van der Waals surface area (Å²) in [6.45, 7) is 5.29. The van der Waals surface area contributed by atoms with Crippen molar-refractivity contribution in [3.63, 3.8) is 0 Å². The van der Waals surface area contributed by atoms with Gasteiger partial charge in [-0.2, -0.15) is 0 Å². The number of hydrogen-bond acceptors (Lipinski definition) is 11. The van der Waals surface area contributed by atoms with E-state index in [9.17, 15) is 34.8 Å². The number of carbonyl (C=O) groups is 3. The Morgan fingerprint density at radius 2 is 1.95 bits per heavy atom. The molecule has 3 rings (SSSR count). The second-order valence-corrected chi connectivity index (χ2v) is 14.0. The minimum atomic E-state index is -1.66. The van der Waals surface area contributed by atoms with Crippen molar-refractivity contribution in [3.05, 3.63) is 34.9 Å². The third-order valence-electron chi connectivity index (χ3n) is 7.96. The van der Waals surface area contributed by atoms with Gasteiger partial charge in [0, 0.05) is 23.6 Å². The van der Waals surface area contributed by atoms with Crippen molar-refractivity contribution in [2.45, 2.75) is 113 Å². The summed E-state index contributed by atoms with van der Waals surface area (Å²) in [4.78, 5) is 36.5. The van der Waals surface area contributed by atoms with Gasteiger partial charge in [0.2, 0.25) is 11.8 Å². The van der Waals surface area contributed by atoms with E-state index in [-0.39, 0.29) is 49.0 Å². The molecule has 11 nitrogen and oxygen atoms in total. The van der Waals surface area contributed by atoms with Gasteiger partial charge in [0.25, 0.3) is 0 Å². The lowest BCUT2D eigenvalue weighted by Crippen LogP contribution is -2.61. The van der Waals surface area contributed by atoms with Gasteiger partial charge in [-0.1, -0.05) is 65.5 Å². The summed E-state index contributed by atoms with van der Waals surface area (Å²) in [5.74, 6) is -0.900. The molecule has 0 bridgehead atoms. The Labute approximate surface area is 261 Å². The quantitative estimate of drug-likeness (QED) is 0.0479. The van der Waals surface area contributed by atoms with Gasteiger partial charge < -0.3 is 40.5 Å². The van der Waals surface area contributed by atoms with Crippen LogP contribution in [0.1, 0.15) is 72.1 Å². The van der Waals surface area contributed by atoms with Gasteiger partial charge >= 0.3 is 5.97 Å². The number of nitrogens with one attached hydrogen (secondary N) is 2. The van der Waals surface area contributed by atoms with E-state index in [1.807, 2.05) is 12.3 Å². The van der Waals surface area contributed by atoms with Crippen LogP contribution in [0.15, 0.2) is 34.9 Å². The molecule has 3 heterocycles. The number of aliphatic hydroxyl groups excluding tert-OH is 3. The highest BCUT2D eigenvalue weighted by Gasteiger charge is 2.47. The van der Waals surface area contributed by atoms with Crippen LogP contribution in [0.2, 0.25) is 0 Å². The van der Waals surface area contributed by atoms with Crippen molar-refractivity contribution >= 4 is 39.4 Å². The Bertz CT molecular complexity index is 1070. The number of fused-ring (bicyclic) bond motifs is 1. The first kappa shape index (κ1) is 35.6. The fourth-order valence-electron chi connectivity index (χ4n) is 5.01. The first-order valence-corrected chi connectivity index (χ1v) is 17.2. The fraction of sp³-hybridized carbons (Fsp3) is 0.700. The van der Waals surface area contributed by atoms with Crippen LogP contribution >= 0.6 is 21.6 Å². The predicted octanol–water partition coefficient (Wildman–Crippen LogP) is 2.24. The molecule has 0 aliphatic carbocycles. The highest BCUT2D eigenvalue weighted by Crippen LogP contribution is 2.43. The first-order valence-electron chi connectivity index (χ1n) is 14.9. The summed E-state index contributed by atoms with van der Waals surface area (Å²) >= 11 is 0. The van der Waals surface area contributed by atoms with Crippen LogP contribution in [0.3, 0.4) is 0 Å². The largest absolute Gasteiger partial charge is 0.463 e. The van der Waals surface area contributed by atoms with Crippen LogP contribution in [-0.4, -0.2) is 92.7 Å². The van der Waals surface area contributed by atoms with Gasteiger partial charge in [0.15, 0.2) is 0 Å². The molecule has 3 aliphatic heterocycles. The summed E-state index contributed by atoms with van der Waals surface area (Å²) in [6.07, 6.45) is 5.27. The van der Waals surface area contributed by atoms with E-state index < -0.39 is 42.0 Å². The van der Waals surface area contributed by atoms with E-state index in [0.717, 1.165) is 31.4 Å². The maximum atomic E-state index is 12.3. The molecule has 0 aromatic heterocycles. The normalized spacial score (nSPS) is 30.5. The highest BCUT2D eigenvalue weighted by atomic mass is 33.1. The standard InChI is InChI=1S/C30H46N2O9S2/c1-18(14-22-26(36)28(37)30(39,17-41-22)12-9-10-19(2)20(3)33)15-24(35)40-13-8-6-4-5-7-11-23(34)32-25-27-21(16-42-43-27)31-29(25)38/h9-10,15-16,19-20,22,25-28,33,36-37,39H,4-8,11-14,17H2,1-3H3,(H,31,38)(H,32,34)/b10-9+,18-15+/t19-,20+,22+,25?,26?,27?,28+,30-/m1/s1. The Morgan fingerprint density at radius 3 is 2.70 bits per heavy atom. The Balaban J connectivity index is 1.25. The van der Waals surface area contributed by atoms with Gasteiger partial charge in [-0.25, -0.2) is 4.79 Å². The molecule has 2 saturated heterocycles. The average molecular weight is 643 g/mol. The fourth-order valence-corrected chi connectivity index (χ4v) is 7.60. The van der Waals surface area contributed by atoms with Gasteiger partial charge in [0.05, 0.1) is 30.7 Å². The number of amides is 2. The number of rotatable bonds is 16. The second kappa shape index (κ2) is 17.0. The summed E-state index contributed by atoms with van der Waals surface area (Å²) in [5.41, 5.74) is -0.174. The Hall–Kier alpha value is -1.87. The molecule has 2 amide bonds. The minimum Gasteiger partial charge on any atom is -0.463 e. The number of unbranched alkanes of at least 4 members (excludes halogenated alkanes) is 4. The summed E-state index contributed by atoms with van der Waals surface area (Å²) in [7, 11) is 3.13. The van der Waals surface area contributed by atoms with Gasteiger partial charge in [0.1, 0.15) is 23.9 Å². The number of carbonyl (C=O) groups excluding carboxylic acids is 3. The second-order valence-electron chi connectivity index (χ2n) is 11.7. The first-order chi connectivity index (χ1) is 20.4. The van der Waals surface area contributed by atoms with E-state index in [1.54, 1.807) is 47.6 Å². The van der Waals surface area contributed by atoms with Crippen molar-refractivity contribution in [2.24, 2.45) is 5.92 Å². The van der Waals surface area contributed by atoms with Crippen LogP contribution in [0.4, 0.5) is 0 Å².